The zero-order valence-corrected chi connectivity index (χ0v) is 13.0. The van der Waals surface area contributed by atoms with Gasteiger partial charge < -0.3 is 10.2 Å². The molecule has 0 aromatic heterocycles. The van der Waals surface area contributed by atoms with Crippen LogP contribution in [0.1, 0.15) is 53.4 Å². The Labute approximate surface area is 114 Å². The molecule has 0 aliphatic heterocycles. The summed E-state index contributed by atoms with van der Waals surface area (Å²) in [6, 6.07) is 1.49. The molecule has 0 aromatic rings. The summed E-state index contributed by atoms with van der Waals surface area (Å²) in [5.74, 6) is 1.83. The van der Waals surface area contributed by atoms with Crippen LogP contribution < -0.4 is 5.32 Å². The Balaban J connectivity index is 1.91. The lowest BCUT2D eigenvalue weighted by Crippen LogP contribution is -2.46. The monoisotopic (exact) mass is 252 g/mol. The van der Waals surface area contributed by atoms with Crippen molar-refractivity contribution in [1.29, 1.82) is 0 Å². The van der Waals surface area contributed by atoms with Gasteiger partial charge in [-0.3, -0.25) is 0 Å². The van der Waals surface area contributed by atoms with Gasteiger partial charge >= 0.3 is 0 Å². The zero-order valence-electron chi connectivity index (χ0n) is 13.0. The SMILES string of the molecule is CCNC1C(CN(C)C(C)C2CC2)CCC1(C)C. The van der Waals surface area contributed by atoms with E-state index in [-0.39, 0.29) is 0 Å². The minimum absolute atomic E-state index is 0.477. The van der Waals surface area contributed by atoms with Gasteiger partial charge in [-0.2, -0.15) is 0 Å². The van der Waals surface area contributed by atoms with E-state index in [1.165, 1.54) is 32.2 Å². The molecule has 2 nitrogen and oxygen atoms in total. The van der Waals surface area contributed by atoms with Crippen LogP contribution in [0.4, 0.5) is 0 Å². The quantitative estimate of drug-likeness (QED) is 0.781. The zero-order chi connectivity index (χ0) is 13.3. The molecule has 0 radical (unpaired) electrons. The first-order valence-electron chi connectivity index (χ1n) is 7.89. The Kier molecular flexibility index (Phi) is 4.38. The van der Waals surface area contributed by atoms with Gasteiger partial charge in [-0.15, -0.1) is 0 Å². The number of hydrogen-bond acceptors (Lipinski definition) is 2. The maximum Gasteiger partial charge on any atom is 0.0159 e. The summed E-state index contributed by atoms with van der Waals surface area (Å²) in [5, 5.41) is 3.75. The van der Waals surface area contributed by atoms with E-state index in [1.54, 1.807) is 0 Å². The molecular formula is C16H32N2. The van der Waals surface area contributed by atoms with Gasteiger partial charge in [-0.1, -0.05) is 20.8 Å². The summed E-state index contributed by atoms with van der Waals surface area (Å²) >= 11 is 0. The minimum atomic E-state index is 0.477. The van der Waals surface area contributed by atoms with Gasteiger partial charge in [0, 0.05) is 18.6 Å². The van der Waals surface area contributed by atoms with Crippen LogP contribution >= 0.6 is 0 Å². The standard InChI is InChI=1S/C16H32N2/c1-6-17-15-14(9-10-16(15,3)4)11-18(5)12(2)13-7-8-13/h12-15,17H,6-11H2,1-5H3. The molecular weight excluding hydrogens is 220 g/mol. The molecule has 0 spiro atoms. The fraction of sp³-hybridized carbons (Fsp3) is 1.00. The molecule has 106 valence electrons. The molecule has 2 saturated carbocycles. The Morgan fingerprint density at radius 3 is 2.50 bits per heavy atom. The molecule has 0 saturated heterocycles. The van der Waals surface area contributed by atoms with E-state index in [9.17, 15) is 0 Å². The number of nitrogens with one attached hydrogen (secondary N) is 1. The van der Waals surface area contributed by atoms with Gasteiger partial charge in [0.2, 0.25) is 0 Å². The van der Waals surface area contributed by atoms with E-state index in [0.717, 1.165) is 24.4 Å². The van der Waals surface area contributed by atoms with Gasteiger partial charge in [0.1, 0.15) is 0 Å². The predicted molar refractivity (Wildman–Crippen MR) is 78.8 cm³/mol. The van der Waals surface area contributed by atoms with Crippen molar-refractivity contribution in [3.8, 4) is 0 Å². The average molecular weight is 252 g/mol. The van der Waals surface area contributed by atoms with Crippen molar-refractivity contribution in [2.24, 2.45) is 17.3 Å². The van der Waals surface area contributed by atoms with E-state index in [0.29, 0.717) is 11.5 Å². The maximum atomic E-state index is 3.75. The maximum absolute atomic E-state index is 3.75. The molecule has 2 aliphatic carbocycles. The molecule has 2 fully saturated rings. The van der Waals surface area contributed by atoms with E-state index >= 15 is 0 Å². The first kappa shape index (κ1) is 14.3. The lowest BCUT2D eigenvalue weighted by atomic mass is 9.84. The third-order valence-electron chi connectivity index (χ3n) is 5.42. The predicted octanol–water partition coefficient (Wildman–Crippen LogP) is 3.13. The fourth-order valence-corrected chi connectivity index (χ4v) is 3.85. The Bertz CT molecular complexity index is 270. The molecule has 2 heteroatoms. The number of hydrogen-bond donors (Lipinski definition) is 1. The highest BCUT2D eigenvalue weighted by molar-refractivity contribution is 4.97. The topological polar surface area (TPSA) is 15.3 Å². The lowest BCUT2D eigenvalue weighted by Gasteiger charge is -2.35. The number of rotatable bonds is 6. The van der Waals surface area contributed by atoms with Crippen LogP contribution in [0.2, 0.25) is 0 Å². The van der Waals surface area contributed by atoms with Crippen molar-refractivity contribution in [3.05, 3.63) is 0 Å². The largest absolute Gasteiger partial charge is 0.313 e. The van der Waals surface area contributed by atoms with Crippen LogP contribution in [0, 0.1) is 17.3 Å². The summed E-state index contributed by atoms with van der Waals surface area (Å²) < 4.78 is 0. The molecule has 3 unspecified atom stereocenters. The first-order chi connectivity index (χ1) is 8.45. The van der Waals surface area contributed by atoms with Crippen LogP contribution in [-0.4, -0.2) is 37.1 Å². The lowest BCUT2D eigenvalue weighted by molar-refractivity contribution is 0.167. The third kappa shape index (κ3) is 3.08. The molecule has 2 rings (SSSR count). The van der Waals surface area contributed by atoms with Crippen LogP contribution in [0.5, 0.6) is 0 Å². The van der Waals surface area contributed by atoms with Crippen LogP contribution in [-0.2, 0) is 0 Å². The summed E-state index contributed by atoms with van der Waals surface area (Å²) in [4.78, 5) is 2.62. The molecule has 2 aliphatic rings. The molecule has 3 atom stereocenters. The Hall–Kier alpha value is -0.0800. The fourth-order valence-electron chi connectivity index (χ4n) is 3.85. The highest BCUT2D eigenvalue weighted by atomic mass is 15.1. The average Bonchev–Trinajstić information content (AvgIpc) is 3.10. The van der Waals surface area contributed by atoms with Crippen molar-refractivity contribution < 1.29 is 0 Å². The van der Waals surface area contributed by atoms with Gasteiger partial charge in [0.05, 0.1) is 0 Å². The summed E-state index contributed by atoms with van der Waals surface area (Å²) in [5.41, 5.74) is 0.477. The second kappa shape index (κ2) is 5.50. The van der Waals surface area contributed by atoms with Crippen molar-refractivity contribution in [2.75, 3.05) is 20.1 Å². The van der Waals surface area contributed by atoms with Crippen molar-refractivity contribution >= 4 is 0 Å². The molecule has 0 heterocycles. The van der Waals surface area contributed by atoms with E-state index in [4.69, 9.17) is 0 Å². The van der Waals surface area contributed by atoms with Gasteiger partial charge in [-0.25, -0.2) is 0 Å². The Morgan fingerprint density at radius 1 is 1.28 bits per heavy atom. The number of nitrogens with zero attached hydrogens (tertiary/aromatic N) is 1. The minimum Gasteiger partial charge on any atom is -0.313 e. The van der Waals surface area contributed by atoms with Crippen LogP contribution in [0.25, 0.3) is 0 Å². The van der Waals surface area contributed by atoms with Crippen LogP contribution in [0.15, 0.2) is 0 Å². The molecule has 0 bridgehead atoms. The summed E-state index contributed by atoms with van der Waals surface area (Å²) in [7, 11) is 2.33. The van der Waals surface area contributed by atoms with Gasteiger partial charge in [0.25, 0.3) is 0 Å². The smallest absolute Gasteiger partial charge is 0.0159 e. The van der Waals surface area contributed by atoms with Gasteiger partial charge in [0.15, 0.2) is 0 Å². The normalized spacial score (nSPS) is 33.0. The molecule has 1 N–H and O–H groups in total. The third-order valence-corrected chi connectivity index (χ3v) is 5.42. The van der Waals surface area contributed by atoms with Crippen LogP contribution in [0.3, 0.4) is 0 Å². The summed E-state index contributed by atoms with van der Waals surface area (Å²) in [6.07, 6.45) is 5.68. The van der Waals surface area contributed by atoms with E-state index in [1.807, 2.05) is 0 Å². The second-order valence-corrected chi connectivity index (χ2v) is 7.34. The second-order valence-electron chi connectivity index (χ2n) is 7.34. The van der Waals surface area contributed by atoms with Gasteiger partial charge in [-0.05, 0) is 63.5 Å². The van der Waals surface area contributed by atoms with Crippen molar-refractivity contribution in [3.63, 3.8) is 0 Å². The summed E-state index contributed by atoms with van der Waals surface area (Å²) in [6.45, 7) is 11.9. The molecule has 0 amide bonds. The highest BCUT2D eigenvalue weighted by Crippen LogP contribution is 2.42. The molecule has 18 heavy (non-hydrogen) atoms. The van der Waals surface area contributed by atoms with E-state index < -0.39 is 0 Å². The van der Waals surface area contributed by atoms with Crippen molar-refractivity contribution in [2.45, 2.75) is 65.5 Å². The van der Waals surface area contributed by atoms with Crippen molar-refractivity contribution in [1.82, 2.24) is 10.2 Å². The first-order valence-corrected chi connectivity index (χ1v) is 7.89. The Morgan fingerprint density at radius 2 is 1.94 bits per heavy atom. The molecule has 0 aromatic carbocycles. The highest BCUT2D eigenvalue weighted by Gasteiger charge is 2.42. The van der Waals surface area contributed by atoms with E-state index in [2.05, 4.69) is 45.0 Å².